The average Bonchev–Trinajstić information content (AvgIpc) is 2.62. The van der Waals surface area contributed by atoms with Crippen LogP contribution in [0.3, 0.4) is 0 Å². The van der Waals surface area contributed by atoms with Crippen molar-refractivity contribution in [2.75, 3.05) is 12.8 Å². The number of unbranched alkanes of at least 4 members (excludes halogenated alkanes) is 1. The van der Waals surface area contributed by atoms with Crippen LogP contribution in [0, 0.1) is 0 Å². The first-order chi connectivity index (χ1) is 8.60. The van der Waals surface area contributed by atoms with Crippen LogP contribution in [0.5, 0.6) is 11.8 Å². The number of hydrogen-bond donors (Lipinski definition) is 3. The van der Waals surface area contributed by atoms with Crippen LogP contribution in [0.1, 0.15) is 26.2 Å². The molecule has 0 saturated carbocycles. The molecule has 1 aromatic heterocycles. The van der Waals surface area contributed by atoms with E-state index >= 15 is 0 Å². The van der Waals surface area contributed by atoms with Gasteiger partial charge in [-0.2, -0.15) is 0 Å². The summed E-state index contributed by atoms with van der Waals surface area (Å²) in [5, 5.41) is 22.2. The SMILES string of the molecule is CCCCNC(=O)CCn1c(O)cc(SC)c1O. The Morgan fingerprint density at radius 1 is 1.50 bits per heavy atom. The van der Waals surface area contributed by atoms with E-state index in [9.17, 15) is 15.0 Å². The van der Waals surface area contributed by atoms with Gasteiger partial charge in [-0.15, -0.1) is 11.8 Å². The lowest BCUT2D eigenvalue weighted by Gasteiger charge is -2.07. The van der Waals surface area contributed by atoms with Gasteiger partial charge < -0.3 is 15.5 Å². The standard InChI is InChI=1S/C12H20N2O3S/c1-3-4-6-13-10(15)5-7-14-11(16)8-9(18-2)12(14)17/h8,16-17H,3-7H2,1-2H3,(H,13,15). The Hall–Kier alpha value is -1.30. The molecular formula is C12H20N2O3S. The normalized spacial score (nSPS) is 10.6. The van der Waals surface area contributed by atoms with Crippen molar-refractivity contribution in [3.05, 3.63) is 6.07 Å². The molecule has 3 N–H and O–H groups in total. The zero-order valence-corrected chi connectivity index (χ0v) is 11.6. The molecule has 0 aliphatic carbocycles. The summed E-state index contributed by atoms with van der Waals surface area (Å²) in [6.07, 6.45) is 4.06. The first kappa shape index (κ1) is 14.8. The van der Waals surface area contributed by atoms with Gasteiger partial charge in [-0.05, 0) is 12.7 Å². The molecule has 6 heteroatoms. The van der Waals surface area contributed by atoms with Gasteiger partial charge in [0.1, 0.15) is 0 Å². The molecule has 1 aromatic rings. The largest absolute Gasteiger partial charge is 0.494 e. The van der Waals surface area contributed by atoms with Gasteiger partial charge in [-0.25, -0.2) is 0 Å². The second-order valence-corrected chi connectivity index (χ2v) is 4.85. The maximum Gasteiger partial charge on any atom is 0.221 e. The van der Waals surface area contributed by atoms with E-state index in [2.05, 4.69) is 12.2 Å². The topological polar surface area (TPSA) is 74.5 Å². The molecule has 0 aromatic carbocycles. The van der Waals surface area contributed by atoms with Gasteiger partial charge in [0.05, 0.1) is 4.90 Å². The Morgan fingerprint density at radius 2 is 2.22 bits per heavy atom. The molecule has 102 valence electrons. The summed E-state index contributed by atoms with van der Waals surface area (Å²) in [7, 11) is 0. The van der Waals surface area contributed by atoms with Crippen molar-refractivity contribution < 1.29 is 15.0 Å². The number of aromatic hydroxyl groups is 2. The fraction of sp³-hybridized carbons (Fsp3) is 0.583. The number of rotatable bonds is 7. The fourth-order valence-electron chi connectivity index (χ4n) is 1.58. The van der Waals surface area contributed by atoms with E-state index in [0.717, 1.165) is 12.8 Å². The number of amides is 1. The van der Waals surface area contributed by atoms with E-state index in [1.165, 1.54) is 22.4 Å². The maximum absolute atomic E-state index is 11.5. The van der Waals surface area contributed by atoms with Gasteiger partial charge in [0, 0.05) is 25.6 Å². The summed E-state index contributed by atoms with van der Waals surface area (Å²) >= 11 is 1.35. The third-order valence-electron chi connectivity index (χ3n) is 2.65. The first-order valence-corrected chi connectivity index (χ1v) is 7.24. The lowest BCUT2D eigenvalue weighted by atomic mass is 10.3. The monoisotopic (exact) mass is 272 g/mol. The van der Waals surface area contributed by atoms with E-state index < -0.39 is 0 Å². The van der Waals surface area contributed by atoms with Gasteiger partial charge in [0.15, 0.2) is 5.88 Å². The third kappa shape index (κ3) is 3.87. The van der Waals surface area contributed by atoms with E-state index in [4.69, 9.17) is 0 Å². The predicted molar refractivity (Wildman–Crippen MR) is 72.1 cm³/mol. The summed E-state index contributed by atoms with van der Waals surface area (Å²) in [5.41, 5.74) is 0. The Morgan fingerprint density at radius 3 is 2.78 bits per heavy atom. The number of carbonyl (C=O) groups excluding carboxylic acids is 1. The van der Waals surface area contributed by atoms with Gasteiger partial charge in [0.2, 0.25) is 11.8 Å². The van der Waals surface area contributed by atoms with Crippen LogP contribution < -0.4 is 5.32 Å². The molecule has 0 radical (unpaired) electrons. The number of nitrogens with one attached hydrogen (secondary N) is 1. The minimum absolute atomic E-state index is 0.0151. The van der Waals surface area contributed by atoms with Gasteiger partial charge >= 0.3 is 0 Å². The minimum atomic E-state index is -0.0679. The molecule has 0 aliphatic heterocycles. The molecule has 0 bridgehead atoms. The van der Waals surface area contributed by atoms with Crippen LogP contribution in [-0.4, -0.2) is 33.5 Å². The smallest absolute Gasteiger partial charge is 0.221 e. The molecule has 0 saturated heterocycles. The Bertz CT molecular complexity index is 404. The molecule has 1 amide bonds. The molecule has 0 unspecified atom stereocenters. The van der Waals surface area contributed by atoms with Crippen LogP contribution in [-0.2, 0) is 11.3 Å². The quantitative estimate of drug-likeness (QED) is 0.524. The van der Waals surface area contributed by atoms with Crippen LogP contribution >= 0.6 is 11.8 Å². The summed E-state index contributed by atoms with van der Waals surface area (Å²) < 4.78 is 1.34. The van der Waals surface area contributed by atoms with Crippen molar-refractivity contribution in [2.24, 2.45) is 0 Å². The zero-order chi connectivity index (χ0) is 13.5. The van der Waals surface area contributed by atoms with Crippen molar-refractivity contribution in [3.63, 3.8) is 0 Å². The molecular weight excluding hydrogens is 252 g/mol. The Balaban J connectivity index is 2.48. The molecule has 0 spiro atoms. The Kier molecular flexibility index (Phi) is 5.91. The van der Waals surface area contributed by atoms with E-state index in [1.54, 1.807) is 0 Å². The molecule has 18 heavy (non-hydrogen) atoms. The average molecular weight is 272 g/mol. The lowest BCUT2D eigenvalue weighted by Crippen LogP contribution is -2.25. The van der Waals surface area contributed by atoms with Crippen LogP contribution in [0.25, 0.3) is 0 Å². The van der Waals surface area contributed by atoms with Crippen molar-refractivity contribution in [1.29, 1.82) is 0 Å². The van der Waals surface area contributed by atoms with Gasteiger partial charge in [0.25, 0.3) is 0 Å². The van der Waals surface area contributed by atoms with Gasteiger partial charge in [-0.3, -0.25) is 9.36 Å². The second kappa shape index (κ2) is 7.20. The second-order valence-electron chi connectivity index (χ2n) is 4.00. The van der Waals surface area contributed by atoms with E-state index in [1.807, 2.05) is 6.26 Å². The third-order valence-corrected chi connectivity index (χ3v) is 3.39. The lowest BCUT2D eigenvalue weighted by molar-refractivity contribution is -0.121. The number of aromatic nitrogens is 1. The molecule has 0 aliphatic rings. The highest BCUT2D eigenvalue weighted by Gasteiger charge is 2.13. The van der Waals surface area contributed by atoms with Crippen LogP contribution in [0.2, 0.25) is 0 Å². The predicted octanol–water partition coefficient (Wildman–Crippen LogP) is 1.93. The number of nitrogens with zero attached hydrogens (tertiary/aromatic N) is 1. The maximum atomic E-state index is 11.5. The molecule has 5 nitrogen and oxygen atoms in total. The van der Waals surface area contributed by atoms with Crippen LogP contribution in [0.15, 0.2) is 11.0 Å². The fourth-order valence-corrected chi connectivity index (χ4v) is 2.09. The van der Waals surface area contributed by atoms with E-state index in [0.29, 0.717) is 11.4 Å². The summed E-state index contributed by atoms with van der Waals surface area (Å²) in [5.74, 6) is -0.0683. The zero-order valence-electron chi connectivity index (χ0n) is 10.8. The Labute approximate surface area is 111 Å². The highest BCUT2D eigenvalue weighted by Crippen LogP contribution is 2.33. The first-order valence-electron chi connectivity index (χ1n) is 6.02. The number of thioether (sulfide) groups is 1. The molecule has 0 fully saturated rings. The highest BCUT2D eigenvalue weighted by atomic mass is 32.2. The van der Waals surface area contributed by atoms with Crippen molar-refractivity contribution >= 4 is 17.7 Å². The van der Waals surface area contributed by atoms with Crippen molar-refractivity contribution in [1.82, 2.24) is 9.88 Å². The minimum Gasteiger partial charge on any atom is -0.494 e. The van der Waals surface area contributed by atoms with Crippen molar-refractivity contribution in [3.8, 4) is 11.8 Å². The highest BCUT2D eigenvalue weighted by molar-refractivity contribution is 7.98. The van der Waals surface area contributed by atoms with Crippen LogP contribution in [0.4, 0.5) is 0 Å². The van der Waals surface area contributed by atoms with Gasteiger partial charge in [-0.1, -0.05) is 13.3 Å². The summed E-state index contributed by atoms with van der Waals surface area (Å²) in [6.45, 7) is 3.01. The van der Waals surface area contributed by atoms with E-state index in [-0.39, 0.29) is 30.6 Å². The summed E-state index contributed by atoms with van der Waals surface area (Å²) in [4.78, 5) is 12.1. The number of carbonyl (C=O) groups is 1. The molecule has 1 rings (SSSR count). The molecule has 0 atom stereocenters. The number of hydrogen-bond acceptors (Lipinski definition) is 4. The summed E-state index contributed by atoms with van der Waals surface area (Å²) in [6, 6.07) is 1.50. The van der Waals surface area contributed by atoms with Crippen molar-refractivity contribution in [2.45, 2.75) is 37.6 Å². The molecule has 1 heterocycles.